The normalized spacial score (nSPS) is 11.0. The number of hydrogen-bond donors (Lipinski definition) is 2. The maximum atomic E-state index is 13.1. The monoisotopic (exact) mass is 552 g/mol. The number of benzene rings is 3. The minimum Gasteiger partial charge on any atom is -0.495 e. The van der Waals surface area contributed by atoms with Crippen molar-refractivity contribution in [3.63, 3.8) is 0 Å². The van der Waals surface area contributed by atoms with Gasteiger partial charge < -0.3 is 10.1 Å². The topological polar surface area (TPSA) is 93.4 Å². The fourth-order valence-corrected chi connectivity index (χ4v) is 5.44. The summed E-state index contributed by atoms with van der Waals surface area (Å²) < 4.78 is 7.93. The third-order valence-electron chi connectivity index (χ3n) is 5.17. The maximum Gasteiger partial charge on any atom is 0.261 e. The van der Waals surface area contributed by atoms with E-state index >= 15 is 0 Å². The van der Waals surface area contributed by atoms with Gasteiger partial charge >= 0.3 is 0 Å². The van der Waals surface area contributed by atoms with E-state index in [2.05, 4.69) is 41.9 Å². The van der Waals surface area contributed by atoms with E-state index in [1.165, 1.54) is 18.4 Å². The molecule has 5 aromatic rings. The van der Waals surface area contributed by atoms with Crippen LogP contribution in [0.25, 0.3) is 26.3 Å². The van der Waals surface area contributed by atoms with Crippen LogP contribution in [0.5, 0.6) is 5.75 Å². The second-order valence-corrected chi connectivity index (χ2v) is 9.45. The fraction of sp³-hybridized carbons (Fsp3) is 0.0870. The third kappa shape index (κ3) is 4.02. The molecule has 0 fully saturated rings. The van der Waals surface area contributed by atoms with Gasteiger partial charge in [-0.15, -0.1) is 10.2 Å². The molecule has 0 unspecified atom stereocenters. The van der Waals surface area contributed by atoms with Crippen LogP contribution in [0.3, 0.4) is 0 Å². The summed E-state index contributed by atoms with van der Waals surface area (Å²) in [6.45, 7) is 1.84. The van der Waals surface area contributed by atoms with Crippen LogP contribution in [0.4, 0.5) is 5.69 Å². The number of ether oxygens (including phenoxy) is 1. The molecule has 0 aliphatic carbocycles. The molecule has 3 aromatic carbocycles. The maximum absolute atomic E-state index is 13.1. The summed E-state index contributed by atoms with van der Waals surface area (Å²) in [5.74, 6) is 0.767. The summed E-state index contributed by atoms with van der Waals surface area (Å²) in [6.07, 6.45) is 0. The van der Waals surface area contributed by atoms with Crippen LogP contribution < -0.4 is 15.4 Å². The van der Waals surface area contributed by atoms with E-state index in [0.29, 0.717) is 32.3 Å². The second kappa shape index (κ2) is 9.09. The lowest BCUT2D eigenvalue weighted by atomic mass is 10.1. The molecule has 0 radical (unpaired) electrons. The Morgan fingerprint density at radius 2 is 1.91 bits per heavy atom. The largest absolute Gasteiger partial charge is 0.495 e. The number of aryl methyl sites for hydroxylation is 1. The first-order chi connectivity index (χ1) is 16.5. The van der Waals surface area contributed by atoms with Gasteiger partial charge in [0.05, 0.1) is 22.8 Å². The summed E-state index contributed by atoms with van der Waals surface area (Å²) in [5, 5.41) is 21.4. The average molecular weight is 553 g/mol. The van der Waals surface area contributed by atoms with Gasteiger partial charge in [-0.2, -0.15) is 9.61 Å². The standard InChI is InChI=1S/C23H17BrN6O2S2/c1-12-27-28-23-30(12)29-21(34-23)15-9-5-6-10-17(15)25-22(33)26-20(31)16-11-13-7-3-4-8-14(13)18(24)19(16)32-2/h3-11H,1-2H3,(H2,25,26,31,33). The number of nitrogens with one attached hydrogen (secondary N) is 2. The highest BCUT2D eigenvalue weighted by Crippen LogP contribution is 2.36. The molecule has 2 heterocycles. The van der Waals surface area contributed by atoms with Gasteiger partial charge in [-0.1, -0.05) is 47.7 Å². The molecule has 0 spiro atoms. The highest BCUT2D eigenvalue weighted by Gasteiger charge is 2.20. The minimum absolute atomic E-state index is 0.156. The van der Waals surface area contributed by atoms with Crippen LogP contribution in [0.1, 0.15) is 16.2 Å². The molecule has 2 aromatic heterocycles. The fourth-order valence-electron chi connectivity index (χ4n) is 3.58. The smallest absolute Gasteiger partial charge is 0.261 e. The van der Waals surface area contributed by atoms with E-state index in [1.807, 2.05) is 55.5 Å². The Morgan fingerprint density at radius 1 is 1.15 bits per heavy atom. The number of fused-ring (bicyclic) bond motifs is 2. The van der Waals surface area contributed by atoms with Crippen molar-refractivity contribution in [2.75, 3.05) is 12.4 Å². The van der Waals surface area contributed by atoms with Crippen LogP contribution in [0.15, 0.2) is 59.1 Å². The van der Waals surface area contributed by atoms with E-state index < -0.39 is 0 Å². The Labute approximate surface area is 212 Å². The van der Waals surface area contributed by atoms with Gasteiger partial charge in [-0.3, -0.25) is 10.1 Å². The van der Waals surface area contributed by atoms with Crippen molar-refractivity contribution >= 4 is 71.9 Å². The van der Waals surface area contributed by atoms with Crippen LogP contribution in [0.2, 0.25) is 0 Å². The third-order valence-corrected chi connectivity index (χ3v) is 7.09. The van der Waals surface area contributed by atoms with Crippen molar-refractivity contribution in [3.05, 3.63) is 70.5 Å². The highest BCUT2D eigenvalue weighted by molar-refractivity contribution is 9.10. The van der Waals surface area contributed by atoms with E-state index in [-0.39, 0.29) is 11.0 Å². The van der Waals surface area contributed by atoms with Crippen molar-refractivity contribution < 1.29 is 9.53 Å². The zero-order valence-corrected chi connectivity index (χ0v) is 21.2. The number of rotatable bonds is 4. The van der Waals surface area contributed by atoms with E-state index in [0.717, 1.165) is 21.3 Å². The SMILES string of the molecule is COc1c(C(=O)NC(=S)Nc2ccccc2-c2nn3c(C)nnc3s2)cc2ccccc2c1Br. The second-order valence-electron chi connectivity index (χ2n) is 7.30. The number of nitrogens with zero attached hydrogens (tertiary/aromatic N) is 4. The Bertz CT molecular complexity index is 1580. The quantitative estimate of drug-likeness (QED) is 0.295. The average Bonchev–Trinajstić information content (AvgIpc) is 3.41. The number of anilines is 1. The lowest BCUT2D eigenvalue weighted by molar-refractivity contribution is 0.0975. The number of hydrogen-bond acceptors (Lipinski definition) is 7. The number of thiocarbonyl (C=S) groups is 1. The molecule has 0 bridgehead atoms. The number of carbonyl (C=O) groups is 1. The lowest BCUT2D eigenvalue weighted by Gasteiger charge is -2.15. The van der Waals surface area contributed by atoms with Crippen LogP contribution in [-0.2, 0) is 0 Å². The Balaban J connectivity index is 1.41. The molecule has 8 nitrogen and oxygen atoms in total. The van der Waals surface area contributed by atoms with Crippen molar-refractivity contribution in [2.24, 2.45) is 0 Å². The molecule has 0 saturated heterocycles. The van der Waals surface area contributed by atoms with Gasteiger partial charge in [-0.25, -0.2) is 0 Å². The summed E-state index contributed by atoms with van der Waals surface area (Å²) in [4.78, 5) is 13.8. The molecule has 0 aliphatic rings. The first kappa shape index (κ1) is 22.4. The van der Waals surface area contributed by atoms with Gasteiger partial charge in [0.25, 0.3) is 5.91 Å². The van der Waals surface area contributed by atoms with Gasteiger partial charge in [0, 0.05) is 5.56 Å². The number of aromatic nitrogens is 4. The summed E-state index contributed by atoms with van der Waals surface area (Å²) in [7, 11) is 1.53. The first-order valence-corrected chi connectivity index (χ1v) is 12.1. The first-order valence-electron chi connectivity index (χ1n) is 10.1. The Hall–Kier alpha value is -3.41. The van der Waals surface area contributed by atoms with Gasteiger partial charge in [0.2, 0.25) is 4.96 Å². The molecule has 11 heteroatoms. The number of halogens is 1. The predicted octanol–water partition coefficient (Wildman–Crippen LogP) is 5.21. The summed E-state index contributed by atoms with van der Waals surface area (Å²) >= 11 is 10.4. The van der Waals surface area contributed by atoms with Gasteiger partial charge in [0.15, 0.2) is 10.9 Å². The molecule has 2 N–H and O–H groups in total. The molecule has 0 atom stereocenters. The summed E-state index contributed by atoms with van der Waals surface area (Å²) in [5.41, 5.74) is 1.91. The van der Waals surface area contributed by atoms with E-state index in [4.69, 9.17) is 17.0 Å². The van der Waals surface area contributed by atoms with E-state index in [1.54, 1.807) is 10.6 Å². The van der Waals surface area contributed by atoms with Crippen molar-refractivity contribution in [2.45, 2.75) is 6.92 Å². The molecule has 170 valence electrons. The number of methoxy groups -OCH3 is 1. The Morgan fingerprint density at radius 3 is 2.71 bits per heavy atom. The van der Waals surface area contributed by atoms with Crippen LogP contribution in [0, 0.1) is 6.92 Å². The summed E-state index contributed by atoms with van der Waals surface area (Å²) in [6, 6.07) is 17.1. The van der Waals surface area contributed by atoms with Gasteiger partial charge in [0.1, 0.15) is 10.8 Å². The van der Waals surface area contributed by atoms with Crippen LogP contribution in [-0.4, -0.2) is 37.9 Å². The number of amides is 1. The molecule has 5 rings (SSSR count). The zero-order valence-electron chi connectivity index (χ0n) is 18.0. The minimum atomic E-state index is -0.382. The molecule has 0 saturated carbocycles. The Kier molecular flexibility index (Phi) is 5.98. The molecular weight excluding hydrogens is 536 g/mol. The van der Waals surface area contributed by atoms with Gasteiger partial charge in [-0.05, 0) is 64.0 Å². The molecule has 34 heavy (non-hydrogen) atoms. The lowest BCUT2D eigenvalue weighted by Crippen LogP contribution is -2.34. The van der Waals surface area contributed by atoms with Crippen LogP contribution >= 0.6 is 39.5 Å². The molecular formula is C23H17BrN6O2S2. The zero-order chi connectivity index (χ0) is 23.8. The van der Waals surface area contributed by atoms with Crippen molar-refractivity contribution in [1.82, 2.24) is 25.1 Å². The van der Waals surface area contributed by atoms with Crippen molar-refractivity contribution in [3.8, 4) is 16.3 Å². The van der Waals surface area contributed by atoms with Crippen molar-refractivity contribution in [1.29, 1.82) is 0 Å². The van der Waals surface area contributed by atoms with E-state index in [9.17, 15) is 4.79 Å². The predicted molar refractivity (Wildman–Crippen MR) is 141 cm³/mol. The highest BCUT2D eigenvalue weighted by atomic mass is 79.9. The number of para-hydroxylation sites is 1. The molecule has 1 amide bonds. The molecule has 0 aliphatic heterocycles. The number of carbonyl (C=O) groups excluding carboxylic acids is 1.